The highest BCUT2D eigenvalue weighted by Gasteiger charge is 2.31. The van der Waals surface area contributed by atoms with Crippen LogP contribution in [0, 0.1) is 0 Å². The van der Waals surface area contributed by atoms with Crippen LogP contribution in [0.4, 0.5) is 5.69 Å². The van der Waals surface area contributed by atoms with Crippen molar-refractivity contribution in [1.29, 1.82) is 0 Å². The number of carbonyl (C=O) groups excluding carboxylic acids is 2. The molecule has 0 aromatic heterocycles. The summed E-state index contributed by atoms with van der Waals surface area (Å²) in [5, 5.41) is 0. The second-order valence-electron chi connectivity index (χ2n) is 6.92. The molecule has 1 aliphatic heterocycles. The molecule has 2 atom stereocenters. The molecule has 1 heterocycles. The molecular formula is C22H26N2O4. The molecule has 0 saturated carbocycles. The SMILES string of the molecule is COc1ccc(C(C)N(C)C(=O)CCN2C(=O)C(C)Oc3ccccc32)cc1. The summed E-state index contributed by atoms with van der Waals surface area (Å²) in [6.07, 6.45) is -0.315. The Balaban J connectivity index is 1.66. The van der Waals surface area contributed by atoms with Crippen molar-refractivity contribution in [3.8, 4) is 11.5 Å². The first-order chi connectivity index (χ1) is 13.4. The highest BCUT2D eigenvalue weighted by molar-refractivity contribution is 6.00. The summed E-state index contributed by atoms with van der Waals surface area (Å²) < 4.78 is 10.8. The van der Waals surface area contributed by atoms with E-state index in [1.54, 1.807) is 30.9 Å². The van der Waals surface area contributed by atoms with Crippen molar-refractivity contribution in [3.63, 3.8) is 0 Å². The molecule has 0 saturated heterocycles. The molecule has 2 aromatic carbocycles. The fourth-order valence-corrected chi connectivity index (χ4v) is 3.30. The normalized spacial score (nSPS) is 16.8. The van der Waals surface area contributed by atoms with Crippen LogP contribution in [0.1, 0.15) is 31.9 Å². The Morgan fingerprint density at radius 2 is 1.89 bits per heavy atom. The first-order valence-corrected chi connectivity index (χ1v) is 9.39. The Labute approximate surface area is 165 Å². The summed E-state index contributed by atoms with van der Waals surface area (Å²) in [6.45, 7) is 4.03. The van der Waals surface area contributed by atoms with E-state index in [-0.39, 0.29) is 24.3 Å². The minimum atomic E-state index is -0.555. The van der Waals surface area contributed by atoms with Crippen molar-refractivity contribution < 1.29 is 19.1 Å². The minimum Gasteiger partial charge on any atom is -0.497 e. The van der Waals surface area contributed by atoms with Gasteiger partial charge in [0.1, 0.15) is 11.5 Å². The average molecular weight is 382 g/mol. The van der Waals surface area contributed by atoms with Gasteiger partial charge in [-0.3, -0.25) is 9.59 Å². The monoisotopic (exact) mass is 382 g/mol. The lowest BCUT2D eigenvalue weighted by Gasteiger charge is -2.33. The summed E-state index contributed by atoms with van der Waals surface area (Å²) in [7, 11) is 3.41. The number of rotatable bonds is 6. The third-order valence-corrected chi connectivity index (χ3v) is 5.20. The van der Waals surface area contributed by atoms with Crippen LogP contribution in [-0.4, -0.2) is 43.5 Å². The molecule has 2 unspecified atom stereocenters. The predicted octanol–water partition coefficient (Wildman–Crippen LogP) is 3.42. The van der Waals surface area contributed by atoms with E-state index in [1.807, 2.05) is 55.5 Å². The summed E-state index contributed by atoms with van der Waals surface area (Å²) in [4.78, 5) is 28.7. The number of nitrogens with zero attached hydrogens (tertiary/aromatic N) is 2. The van der Waals surface area contributed by atoms with Gasteiger partial charge >= 0.3 is 0 Å². The van der Waals surface area contributed by atoms with E-state index in [9.17, 15) is 9.59 Å². The zero-order chi connectivity index (χ0) is 20.3. The zero-order valence-corrected chi connectivity index (χ0v) is 16.7. The number of hydrogen-bond donors (Lipinski definition) is 0. The van der Waals surface area contributed by atoms with Crippen molar-refractivity contribution in [2.75, 3.05) is 25.6 Å². The second-order valence-corrected chi connectivity index (χ2v) is 6.92. The van der Waals surface area contributed by atoms with E-state index < -0.39 is 6.10 Å². The molecule has 0 bridgehead atoms. The van der Waals surface area contributed by atoms with Gasteiger partial charge in [-0.25, -0.2) is 0 Å². The van der Waals surface area contributed by atoms with E-state index in [0.717, 1.165) is 11.3 Å². The van der Waals surface area contributed by atoms with Crippen LogP contribution in [-0.2, 0) is 9.59 Å². The fourth-order valence-electron chi connectivity index (χ4n) is 3.30. The third-order valence-electron chi connectivity index (χ3n) is 5.20. The molecule has 2 aromatic rings. The molecule has 0 N–H and O–H groups in total. The van der Waals surface area contributed by atoms with E-state index in [0.29, 0.717) is 18.0 Å². The Hall–Kier alpha value is -3.02. The Kier molecular flexibility index (Phi) is 5.87. The smallest absolute Gasteiger partial charge is 0.267 e. The minimum absolute atomic E-state index is 0.0206. The molecule has 6 heteroatoms. The Morgan fingerprint density at radius 1 is 1.21 bits per heavy atom. The van der Waals surface area contributed by atoms with Crippen LogP contribution in [0.5, 0.6) is 11.5 Å². The van der Waals surface area contributed by atoms with Gasteiger partial charge in [0.05, 0.1) is 18.8 Å². The van der Waals surface area contributed by atoms with Crippen LogP contribution in [0.2, 0.25) is 0 Å². The van der Waals surface area contributed by atoms with E-state index in [4.69, 9.17) is 9.47 Å². The van der Waals surface area contributed by atoms with Crippen LogP contribution in [0.3, 0.4) is 0 Å². The molecule has 0 fully saturated rings. The van der Waals surface area contributed by atoms with Gasteiger partial charge < -0.3 is 19.3 Å². The second kappa shape index (κ2) is 8.33. The molecule has 0 spiro atoms. The van der Waals surface area contributed by atoms with Crippen LogP contribution < -0.4 is 14.4 Å². The first-order valence-electron chi connectivity index (χ1n) is 9.39. The Morgan fingerprint density at radius 3 is 2.57 bits per heavy atom. The van der Waals surface area contributed by atoms with Gasteiger partial charge in [0.2, 0.25) is 5.91 Å². The molecule has 6 nitrogen and oxygen atoms in total. The number of carbonyl (C=O) groups is 2. The molecule has 3 rings (SSSR count). The molecule has 1 aliphatic rings. The predicted molar refractivity (Wildman–Crippen MR) is 108 cm³/mol. The summed E-state index contributed by atoms with van der Waals surface area (Å²) >= 11 is 0. The lowest BCUT2D eigenvalue weighted by molar-refractivity contribution is -0.131. The Bertz CT molecular complexity index is 850. The molecule has 148 valence electrons. The number of anilines is 1. The molecular weight excluding hydrogens is 356 g/mol. The summed E-state index contributed by atoms with van der Waals surface area (Å²) in [5.41, 5.74) is 1.74. The average Bonchev–Trinajstić information content (AvgIpc) is 2.72. The number of hydrogen-bond acceptors (Lipinski definition) is 4. The van der Waals surface area contributed by atoms with Crippen molar-refractivity contribution in [1.82, 2.24) is 4.90 Å². The van der Waals surface area contributed by atoms with Gasteiger partial charge in [0.15, 0.2) is 6.10 Å². The number of para-hydroxylation sites is 2. The van der Waals surface area contributed by atoms with Crippen molar-refractivity contribution in [2.24, 2.45) is 0 Å². The van der Waals surface area contributed by atoms with Gasteiger partial charge in [-0.2, -0.15) is 0 Å². The maximum Gasteiger partial charge on any atom is 0.267 e. The van der Waals surface area contributed by atoms with Crippen molar-refractivity contribution >= 4 is 17.5 Å². The lowest BCUT2D eigenvalue weighted by atomic mass is 10.1. The van der Waals surface area contributed by atoms with E-state index in [1.165, 1.54) is 0 Å². The van der Waals surface area contributed by atoms with Crippen LogP contribution in [0.25, 0.3) is 0 Å². The van der Waals surface area contributed by atoms with Gasteiger partial charge in [-0.05, 0) is 43.7 Å². The lowest BCUT2D eigenvalue weighted by Crippen LogP contribution is -2.46. The maximum atomic E-state index is 12.8. The van der Waals surface area contributed by atoms with Gasteiger partial charge in [-0.15, -0.1) is 0 Å². The van der Waals surface area contributed by atoms with Crippen molar-refractivity contribution in [3.05, 3.63) is 54.1 Å². The summed E-state index contributed by atoms with van der Waals surface area (Å²) in [5.74, 6) is 1.30. The highest BCUT2D eigenvalue weighted by Crippen LogP contribution is 2.33. The third kappa shape index (κ3) is 3.96. The number of ether oxygens (including phenoxy) is 2. The standard InChI is InChI=1S/C22H26N2O4/c1-15(17-9-11-18(27-4)12-10-17)23(3)21(25)13-14-24-19-7-5-6-8-20(19)28-16(2)22(24)26/h5-12,15-16H,13-14H2,1-4H3. The van der Waals surface area contributed by atoms with Gasteiger partial charge in [0, 0.05) is 20.0 Å². The highest BCUT2D eigenvalue weighted by atomic mass is 16.5. The molecule has 0 radical (unpaired) electrons. The van der Waals surface area contributed by atoms with Gasteiger partial charge in [-0.1, -0.05) is 24.3 Å². The van der Waals surface area contributed by atoms with E-state index in [2.05, 4.69) is 0 Å². The summed E-state index contributed by atoms with van der Waals surface area (Å²) in [6, 6.07) is 15.0. The number of amides is 2. The zero-order valence-electron chi connectivity index (χ0n) is 16.7. The molecule has 28 heavy (non-hydrogen) atoms. The topological polar surface area (TPSA) is 59.1 Å². The van der Waals surface area contributed by atoms with E-state index >= 15 is 0 Å². The first kappa shape index (κ1) is 19.7. The number of benzene rings is 2. The number of methoxy groups -OCH3 is 1. The van der Waals surface area contributed by atoms with Crippen LogP contribution >= 0.6 is 0 Å². The maximum absolute atomic E-state index is 12.8. The number of fused-ring (bicyclic) bond motifs is 1. The quantitative estimate of drug-likeness (QED) is 0.768. The largest absolute Gasteiger partial charge is 0.497 e. The van der Waals surface area contributed by atoms with Crippen LogP contribution in [0.15, 0.2) is 48.5 Å². The molecule has 2 amide bonds. The molecule has 0 aliphatic carbocycles. The fraction of sp³-hybridized carbons (Fsp3) is 0.364. The van der Waals surface area contributed by atoms with Gasteiger partial charge in [0.25, 0.3) is 5.91 Å². The van der Waals surface area contributed by atoms with Crippen molar-refractivity contribution in [2.45, 2.75) is 32.4 Å².